The van der Waals surface area contributed by atoms with Gasteiger partial charge in [0.1, 0.15) is 0 Å². The van der Waals surface area contributed by atoms with E-state index >= 15 is 0 Å². The topological polar surface area (TPSA) is 66.4 Å². The Bertz CT molecular complexity index is 458. The fourth-order valence-corrected chi connectivity index (χ4v) is 2.47. The Hall–Kier alpha value is -1.36. The maximum Gasteiger partial charge on any atom is 0.306 e. The third-order valence-corrected chi connectivity index (χ3v) is 3.75. The zero-order valence-corrected chi connectivity index (χ0v) is 11.3. The molecule has 18 heavy (non-hydrogen) atoms. The van der Waals surface area contributed by atoms with Crippen LogP contribution in [0.1, 0.15) is 29.6 Å². The standard InChI is InChI=1S/C13H14BrNO3/c14-10-4-1-8(2-5-10)12(16)15-11-6-3-9(7-11)13(17)18/h1-2,4-5,9,11H,3,6-7H2,(H,15,16)(H,17,18). The van der Waals surface area contributed by atoms with Crippen LogP contribution in [0.15, 0.2) is 28.7 Å². The SMILES string of the molecule is O=C(NC1CCC(C(=O)O)C1)c1ccc(Br)cc1. The highest BCUT2D eigenvalue weighted by molar-refractivity contribution is 9.10. The van der Waals surface area contributed by atoms with Crippen molar-refractivity contribution in [3.63, 3.8) is 0 Å². The summed E-state index contributed by atoms with van der Waals surface area (Å²) in [5, 5.41) is 11.8. The lowest BCUT2D eigenvalue weighted by atomic mass is 10.1. The van der Waals surface area contributed by atoms with E-state index < -0.39 is 5.97 Å². The number of halogens is 1. The molecule has 0 spiro atoms. The highest BCUT2D eigenvalue weighted by Crippen LogP contribution is 2.25. The lowest BCUT2D eigenvalue weighted by Crippen LogP contribution is -2.33. The molecule has 1 aliphatic carbocycles. The van der Waals surface area contributed by atoms with Gasteiger partial charge in [0, 0.05) is 16.1 Å². The molecule has 0 heterocycles. The fraction of sp³-hybridized carbons (Fsp3) is 0.385. The largest absolute Gasteiger partial charge is 0.481 e. The van der Waals surface area contributed by atoms with Crippen molar-refractivity contribution < 1.29 is 14.7 Å². The van der Waals surface area contributed by atoms with Crippen LogP contribution in [-0.4, -0.2) is 23.0 Å². The molecular weight excluding hydrogens is 298 g/mol. The minimum atomic E-state index is -0.768. The van der Waals surface area contributed by atoms with E-state index in [1.807, 2.05) is 12.1 Å². The Labute approximate surface area is 114 Å². The number of carbonyl (C=O) groups excluding carboxylic acids is 1. The molecule has 4 nitrogen and oxygen atoms in total. The van der Waals surface area contributed by atoms with Crippen LogP contribution in [0.4, 0.5) is 0 Å². The molecule has 0 saturated heterocycles. The Kier molecular flexibility index (Phi) is 4.01. The monoisotopic (exact) mass is 311 g/mol. The lowest BCUT2D eigenvalue weighted by Gasteiger charge is -2.12. The maximum absolute atomic E-state index is 11.9. The first-order valence-corrected chi connectivity index (χ1v) is 6.65. The van der Waals surface area contributed by atoms with E-state index in [4.69, 9.17) is 5.11 Å². The zero-order valence-electron chi connectivity index (χ0n) is 9.73. The maximum atomic E-state index is 11.9. The van der Waals surface area contributed by atoms with Crippen LogP contribution in [0.25, 0.3) is 0 Å². The number of nitrogens with one attached hydrogen (secondary N) is 1. The van der Waals surface area contributed by atoms with E-state index in [2.05, 4.69) is 21.2 Å². The van der Waals surface area contributed by atoms with Gasteiger partial charge in [0.05, 0.1) is 5.92 Å². The molecule has 2 atom stereocenters. The number of carboxylic acids is 1. The van der Waals surface area contributed by atoms with E-state index in [-0.39, 0.29) is 17.9 Å². The molecule has 0 aliphatic heterocycles. The summed E-state index contributed by atoms with van der Waals surface area (Å²) in [7, 11) is 0. The molecule has 1 fully saturated rings. The Morgan fingerprint density at radius 2 is 1.89 bits per heavy atom. The van der Waals surface area contributed by atoms with Gasteiger partial charge in [-0.2, -0.15) is 0 Å². The molecule has 0 radical (unpaired) electrons. The predicted molar refractivity (Wildman–Crippen MR) is 70.4 cm³/mol. The highest BCUT2D eigenvalue weighted by atomic mass is 79.9. The highest BCUT2D eigenvalue weighted by Gasteiger charge is 2.30. The van der Waals surface area contributed by atoms with E-state index in [0.29, 0.717) is 18.4 Å². The number of carbonyl (C=O) groups is 2. The van der Waals surface area contributed by atoms with Crippen molar-refractivity contribution in [1.82, 2.24) is 5.32 Å². The summed E-state index contributed by atoms with van der Waals surface area (Å²) in [6.07, 6.45) is 1.90. The third kappa shape index (κ3) is 3.10. The van der Waals surface area contributed by atoms with E-state index in [1.165, 1.54) is 0 Å². The second-order valence-corrected chi connectivity index (χ2v) is 5.44. The number of aliphatic carboxylic acids is 1. The molecule has 96 valence electrons. The molecule has 1 aromatic carbocycles. The van der Waals surface area contributed by atoms with Gasteiger partial charge in [-0.15, -0.1) is 0 Å². The number of hydrogen-bond acceptors (Lipinski definition) is 2. The van der Waals surface area contributed by atoms with Gasteiger partial charge in [-0.1, -0.05) is 15.9 Å². The summed E-state index contributed by atoms with van der Waals surface area (Å²) in [5.74, 6) is -1.23. The Morgan fingerprint density at radius 3 is 2.44 bits per heavy atom. The van der Waals surface area contributed by atoms with Gasteiger partial charge in [0.25, 0.3) is 5.91 Å². The van der Waals surface area contributed by atoms with Gasteiger partial charge in [-0.05, 0) is 43.5 Å². The third-order valence-electron chi connectivity index (χ3n) is 3.22. The van der Waals surface area contributed by atoms with Gasteiger partial charge < -0.3 is 10.4 Å². The minimum Gasteiger partial charge on any atom is -0.481 e. The molecule has 2 N–H and O–H groups in total. The smallest absolute Gasteiger partial charge is 0.306 e. The molecular formula is C13H14BrNO3. The minimum absolute atomic E-state index is 0.0257. The number of amides is 1. The average molecular weight is 312 g/mol. The molecule has 1 amide bonds. The molecule has 1 aromatic rings. The van der Waals surface area contributed by atoms with Crippen LogP contribution >= 0.6 is 15.9 Å². The van der Waals surface area contributed by atoms with Crippen LogP contribution in [0.2, 0.25) is 0 Å². The first kappa shape index (κ1) is 13.1. The average Bonchev–Trinajstić information content (AvgIpc) is 2.78. The predicted octanol–water partition coefficient (Wildman–Crippen LogP) is 2.43. The molecule has 1 saturated carbocycles. The van der Waals surface area contributed by atoms with Gasteiger partial charge in [-0.3, -0.25) is 9.59 Å². The molecule has 5 heteroatoms. The van der Waals surface area contributed by atoms with Crippen LogP contribution in [0, 0.1) is 5.92 Å². The first-order chi connectivity index (χ1) is 8.56. The van der Waals surface area contributed by atoms with Gasteiger partial charge in [-0.25, -0.2) is 0 Å². The Balaban J connectivity index is 1.92. The molecule has 2 unspecified atom stereocenters. The first-order valence-electron chi connectivity index (χ1n) is 5.85. The molecule has 2 rings (SSSR count). The van der Waals surface area contributed by atoms with Gasteiger partial charge >= 0.3 is 5.97 Å². The van der Waals surface area contributed by atoms with Crippen molar-refractivity contribution >= 4 is 27.8 Å². The van der Waals surface area contributed by atoms with Crippen molar-refractivity contribution in [2.75, 3.05) is 0 Å². The van der Waals surface area contributed by atoms with E-state index in [0.717, 1.165) is 10.9 Å². The van der Waals surface area contributed by atoms with Crippen LogP contribution in [0.3, 0.4) is 0 Å². The number of benzene rings is 1. The molecule has 0 bridgehead atoms. The second-order valence-electron chi connectivity index (χ2n) is 4.53. The number of rotatable bonds is 3. The Morgan fingerprint density at radius 1 is 1.22 bits per heavy atom. The van der Waals surface area contributed by atoms with Crippen molar-refractivity contribution in [3.05, 3.63) is 34.3 Å². The molecule has 1 aliphatic rings. The van der Waals surface area contributed by atoms with Crippen molar-refractivity contribution in [2.24, 2.45) is 5.92 Å². The van der Waals surface area contributed by atoms with Crippen LogP contribution in [0.5, 0.6) is 0 Å². The summed E-state index contributed by atoms with van der Waals surface area (Å²) in [6, 6.07) is 7.07. The van der Waals surface area contributed by atoms with Crippen LogP contribution < -0.4 is 5.32 Å². The number of hydrogen-bond donors (Lipinski definition) is 2. The van der Waals surface area contributed by atoms with Crippen molar-refractivity contribution in [3.8, 4) is 0 Å². The second kappa shape index (κ2) is 5.52. The summed E-state index contributed by atoms with van der Waals surface area (Å²) in [5.41, 5.74) is 0.594. The lowest BCUT2D eigenvalue weighted by molar-refractivity contribution is -0.141. The van der Waals surface area contributed by atoms with E-state index in [9.17, 15) is 9.59 Å². The summed E-state index contributed by atoms with van der Waals surface area (Å²) in [4.78, 5) is 22.7. The fourth-order valence-electron chi connectivity index (χ4n) is 2.21. The molecule has 0 aromatic heterocycles. The van der Waals surface area contributed by atoms with Gasteiger partial charge in [0.2, 0.25) is 0 Å². The summed E-state index contributed by atoms with van der Waals surface area (Å²) >= 11 is 3.31. The summed E-state index contributed by atoms with van der Waals surface area (Å²) in [6.45, 7) is 0. The zero-order chi connectivity index (χ0) is 13.1. The van der Waals surface area contributed by atoms with Gasteiger partial charge in [0.15, 0.2) is 0 Å². The van der Waals surface area contributed by atoms with Crippen molar-refractivity contribution in [1.29, 1.82) is 0 Å². The number of carboxylic acid groups (broad SMARTS) is 1. The normalized spacial score (nSPS) is 22.7. The summed E-state index contributed by atoms with van der Waals surface area (Å²) < 4.78 is 0.922. The quantitative estimate of drug-likeness (QED) is 0.901. The van der Waals surface area contributed by atoms with Crippen LogP contribution in [-0.2, 0) is 4.79 Å². The van der Waals surface area contributed by atoms with Crippen molar-refractivity contribution in [2.45, 2.75) is 25.3 Å². The van der Waals surface area contributed by atoms with E-state index in [1.54, 1.807) is 12.1 Å².